The van der Waals surface area contributed by atoms with Crippen LogP contribution in [0, 0.1) is 18.8 Å². The molecule has 1 amide bonds. The molecule has 4 bridgehead atoms. The van der Waals surface area contributed by atoms with Crippen molar-refractivity contribution in [2.75, 3.05) is 0 Å². The molecule has 3 aromatic rings. The van der Waals surface area contributed by atoms with Crippen LogP contribution >= 0.6 is 11.3 Å². The molecule has 29 heavy (non-hydrogen) atoms. The van der Waals surface area contributed by atoms with Crippen molar-refractivity contribution in [3.8, 4) is 5.88 Å². The smallest absolute Gasteiger partial charge is 0.271 e. The third-order valence-electron chi connectivity index (χ3n) is 7.33. The Bertz CT molecular complexity index is 1120. The van der Waals surface area contributed by atoms with Crippen molar-refractivity contribution < 1.29 is 9.90 Å². The Hall–Kier alpha value is -2.41. The van der Waals surface area contributed by atoms with E-state index in [1.54, 1.807) is 6.20 Å². The second-order valence-electron chi connectivity index (χ2n) is 9.43. The van der Waals surface area contributed by atoms with E-state index < -0.39 is 0 Å². The molecule has 0 saturated heterocycles. The molecule has 7 rings (SSSR count). The lowest BCUT2D eigenvalue weighted by atomic mass is 9.49. The van der Waals surface area contributed by atoms with E-state index in [-0.39, 0.29) is 17.0 Å². The van der Waals surface area contributed by atoms with Gasteiger partial charge in [0.2, 0.25) is 5.88 Å². The maximum atomic E-state index is 13.0. The molecule has 2 unspecified atom stereocenters. The molecule has 3 aromatic heterocycles. The summed E-state index contributed by atoms with van der Waals surface area (Å²) < 4.78 is 2.08. The number of aryl methyl sites for hydroxylation is 1. The number of nitrogens with one attached hydrogen (secondary N) is 1. The van der Waals surface area contributed by atoms with Gasteiger partial charge in [0.25, 0.3) is 5.91 Å². The summed E-state index contributed by atoms with van der Waals surface area (Å²) in [5.74, 6) is 1.40. The van der Waals surface area contributed by atoms with Gasteiger partial charge in [-0.2, -0.15) is 0 Å². The van der Waals surface area contributed by atoms with Gasteiger partial charge in [0.1, 0.15) is 5.69 Å². The number of fused-ring (bicyclic) bond motifs is 1. The van der Waals surface area contributed by atoms with Crippen molar-refractivity contribution in [1.29, 1.82) is 0 Å². The third-order valence-corrected chi connectivity index (χ3v) is 8.10. The van der Waals surface area contributed by atoms with Gasteiger partial charge in [0, 0.05) is 23.3 Å². The number of aromatic hydroxyl groups is 1. The van der Waals surface area contributed by atoms with Gasteiger partial charge in [-0.05, 0) is 69.4 Å². The number of hydrogen-bond acceptors (Lipinski definition) is 5. The van der Waals surface area contributed by atoms with Gasteiger partial charge in [-0.25, -0.2) is 4.98 Å². The average Bonchev–Trinajstić information content (AvgIpc) is 3.25. The molecular formula is C22H24N4O2S. The van der Waals surface area contributed by atoms with E-state index in [1.807, 2.05) is 30.6 Å². The number of amides is 1. The summed E-state index contributed by atoms with van der Waals surface area (Å²) in [7, 11) is 0. The van der Waals surface area contributed by atoms with Gasteiger partial charge < -0.3 is 15.0 Å². The van der Waals surface area contributed by atoms with Crippen LogP contribution in [0.4, 0.5) is 0 Å². The van der Waals surface area contributed by atoms with Gasteiger partial charge in [0.15, 0.2) is 0 Å². The van der Waals surface area contributed by atoms with E-state index in [0.717, 1.165) is 48.0 Å². The van der Waals surface area contributed by atoms with Crippen LogP contribution in [0.15, 0.2) is 29.9 Å². The number of rotatable bonds is 3. The highest BCUT2D eigenvalue weighted by atomic mass is 32.1. The van der Waals surface area contributed by atoms with E-state index in [9.17, 15) is 9.90 Å². The van der Waals surface area contributed by atoms with Crippen LogP contribution in [0.25, 0.3) is 10.9 Å². The van der Waals surface area contributed by atoms with Crippen LogP contribution in [-0.2, 0) is 5.54 Å². The fourth-order valence-corrected chi connectivity index (χ4v) is 7.39. The van der Waals surface area contributed by atoms with Gasteiger partial charge in [-0.15, -0.1) is 11.3 Å². The largest absolute Gasteiger partial charge is 0.494 e. The molecule has 7 heteroatoms. The third kappa shape index (κ3) is 2.56. The minimum absolute atomic E-state index is 0.0602. The van der Waals surface area contributed by atoms with E-state index in [0.29, 0.717) is 23.4 Å². The summed E-state index contributed by atoms with van der Waals surface area (Å²) in [6, 6.07) is 3.79. The van der Waals surface area contributed by atoms with Gasteiger partial charge in [-0.1, -0.05) is 0 Å². The van der Waals surface area contributed by atoms with Gasteiger partial charge >= 0.3 is 0 Å². The van der Waals surface area contributed by atoms with Crippen LogP contribution in [0.2, 0.25) is 0 Å². The molecule has 2 atom stereocenters. The van der Waals surface area contributed by atoms with Crippen molar-refractivity contribution in [3.05, 3.63) is 40.6 Å². The summed E-state index contributed by atoms with van der Waals surface area (Å²) in [4.78, 5) is 21.8. The SMILES string of the molecule is Cc1nc(C(=O)NC23CC4CC(C2)CC(n2cc5ncccc5c2O)(C4)C3)cs1. The summed E-state index contributed by atoms with van der Waals surface area (Å²) in [5, 5.41) is 18.0. The number of hydrogen-bond donors (Lipinski definition) is 2. The molecule has 2 N–H and O–H groups in total. The number of pyridine rings is 1. The Labute approximate surface area is 173 Å². The Morgan fingerprint density at radius 1 is 1.31 bits per heavy atom. The zero-order valence-electron chi connectivity index (χ0n) is 16.4. The van der Waals surface area contributed by atoms with E-state index in [4.69, 9.17) is 0 Å². The molecule has 4 saturated carbocycles. The highest BCUT2D eigenvalue weighted by Crippen LogP contribution is 2.61. The Kier molecular flexibility index (Phi) is 3.50. The summed E-state index contributed by atoms with van der Waals surface area (Å²) >= 11 is 1.51. The molecule has 150 valence electrons. The predicted molar refractivity (Wildman–Crippen MR) is 111 cm³/mol. The molecular weight excluding hydrogens is 384 g/mol. The van der Waals surface area contributed by atoms with Crippen molar-refractivity contribution in [1.82, 2.24) is 19.9 Å². The van der Waals surface area contributed by atoms with E-state index in [1.165, 1.54) is 17.8 Å². The summed E-state index contributed by atoms with van der Waals surface area (Å²) in [6.45, 7) is 1.93. The second kappa shape index (κ2) is 5.81. The highest BCUT2D eigenvalue weighted by molar-refractivity contribution is 7.09. The van der Waals surface area contributed by atoms with Crippen molar-refractivity contribution in [2.24, 2.45) is 11.8 Å². The first-order valence-electron chi connectivity index (χ1n) is 10.4. The highest BCUT2D eigenvalue weighted by Gasteiger charge is 2.59. The zero-order chi connectivity index (χ0) is 19.8. The number of carbonyl (C=O) groups is 1. The van der Waals surface area contributed by atoms with Crippen LogP contribution < -0.4 is 5.32 Å². The number of aromatic nitrogens is 3. The fraction of sp³-hybridized carbons (Fsp3) is 0.500. The van der Waals surface area contributed by atoms with Crippen molar-refractivity contribution >= 4 is 28.1 Å². The summed E-state index contributed by atoms with van der Waals surface area (Å²) in [6.07, 6.45) is 10.0. The molecule has 3 heterocycles. The maximum absolute atomic E-state index is 13.0. The van der Waals surface area contributed by atoms with Crippen LogP contribution in [0.1, 0.15) is 54.0 Å². The minimum Gasteiger partial charge on any atom is -0.494 e. The summed E-state index contributed by atoms with van der Waals surface area (Å²) in [5.41, 5.74) is 0.989. The molecule has 4 fully saturated rings. The Balaban J connectivity index is 1.39. The van der Waals surface area contributed by atoms with Crippen molar-refractivity contribution in [2.45, 2.75) is 56.5 Å². The first-order chi connectivity index (χ1) is 14.0. The monoisotopic (exact) mass is 408 g/mol. The van der Waals surface area contributed by atoms with Crippen LogP contribution in [0.3, 0.4) is 0 Å². The molecule has 4 aliphatic carbocycles. The second-order valence-corrected chi connectivity index (χ2v) is 10.5. The molecule has 4 aliphatic rings. The topological polar surface area (TPSA) is 80.0 Å². The molecule has 6 nitrogen and oxygen atoms in total. The number of carbonyl (C=O) groups excluding carboxylic acids is 1. The number of nitrogens with zero attached hydrogens (tertiary/aromatic N) is 3. The van der Waals surface area contributed by atoms with E-state index >= 15 is 0 Å². The predicted octanol–water partition coefficient (Wildman–Crippen LogP) is 3.98. The number of thiazole rings is 1. The van der Waals surface area contributed by atoms with E-state index in [2.05, 4.69) is 19.9 Å². The Morgan fingerprint density at radius 2 is 2.10 bits per heavy atom. The zero-order valence-corrected chi connectivity index (χ0v) is 17.2. The quantitative estimate of drug-likeness (QED) is 0.687. The van der Waals surface area contributed by atoms with Crippen LogP contribution in [0.5, 0.6) is 5.88 Å². The standard InChI is InChI=1S/C22H24N4O2S/c1-13-24-18(11-29-13)19(27)25-21-6-14-5-15(7-21)9-22(8-14,12-21)26-10-17-16(20(26)28)3-2-4-23-17/h2-4,10-11,14-15,28H,5-9,12H2,1H3,(H,25,27). The first kappa shape index (κ1) is 17.4. The van der Waals surface area contributed by atoms with Gasteiger partial charge in [0.05, 0.1) is 21.4 Å². The van der Waals surface area contributed by atoms with Gasteiger partial charge in [-0.3, -0.25) is 9.78 Å². The fourth-order valence-electron chi connectivity index (χ4n) is 6.80. The molecule has 0 aliphatic heterocycles. The first-order valence-corrected chi connectivity index (χ1v) is 11.2. The lowest BCUT2D eigenvalue weighted by Crippen LogP contribution is -2.65. The minimum atomic E-state index is -0.213. The van der Waals surface area contributed by atoms with Crippen molar-refractivity contribution in [3.63, 3.8) is 0 Å². The maximum Gasteiger partial charge on any atom is 0.271 e. The lowest BCUT2D eigenvalue weighted by molar-refractivity contribution is -0.0708. The Morgan fingerprint density at radius 3 is 2.79 bits per heavy atom. The van der Waals surface area contributed by atoms with Crippen LogP contribution in [-0.4, -0.2) is 31.1 Å². The average molecular weight is 409 g/mol. The lowest BCUT2D eigenvalue weighted by Gasteiger charge is -2.62. The normalized spacial score (nSPS) is 32.7. The molecule has 0 radical (unpaired) electrons. The molecule has 0 aromatic carbocycles. The molecule has 0 spiro atoms.